The molecule has 0 aromatic rings. The quantitative estimate of drug-likeness (QED) is 0.677. The van der Waals surface area contributed by atoms with Gasteiger partial charge < -0.3 is 10.5 Å². The standard InChI is InChI=1S/C14H30N2O2/c1-7-12(8-2)16(9-11(3)4)10-14(5,15)13(17)18-6/h11-12H,7-10,15H2,1-6H3. The van der Waals surface area contributed by atoms with Gasteiger partial charge in [0.2, 0.25) is 0 Å². The first-order valence-electron chi connectivity index (χ1n) is 6.89. The first kappa shape index (κ1) is 17.4. The molecule has 0 aliphatic heterocycles. The molecule has 0 amide bonds. The lowest BCUT2D eigenvalue weighted by Crippen LogP contribution is -2.56. The van der Waals surface area contributed by atoms with Gasteiger partial charge in [0.1, 0.15) is 5.54 Å². The third-order valence-corrected chi connectivity index (χ3v) is 3.24. The van der Waals surface area contributed by atoms with Crippen LogP contribution in [0.4, 0.5) is 0 Å². The van der Waals surface area contributed by atoms with Gasteiger partial charge >= 0.3 is 5.97 Å². The second-order valence-electron chi connectivity index (χ2n) is 5.70. The molecule has 0 fully saturated rings. The molecule has 0 spiro atoms. The summed E-state index contributed by atoms with van der Waals surface area (Å²) in [5.41, 5.74) is 5.14. The fourth-order valence-electron chi connectivity index (χ4n) is 2.34. The van der Waals surface area contributed by atoms with Crippen molar-refractivity contribution in [3.05, 3.63) is 0 Å². The molecule has 4 nitrogen and oxygen atoms in total. The van der Waals surface area contributed by atoms with Crippen LogP contribution in [0.2, 0.25) is 0 Å². The molecule has 18 heavy (non-hydrogen) atoms. The zero-order valence-corrected chi connectivity index (χ0v) is 12.8. The molecule has 2 N–H and O–H groups in total. The highest BCUT2D eigenvalue weighted by Gasteiger charge is 2.33. The smallest absolute Gasteiger partial charge is 0.326 e. The van der Waals surface area contributed by atoms with Crippen LogP contribution < -0.4 is 5.73 Å². The van der Waals surface area contributed by atoms with Gasteiger partial charge in [0, 0.05) is 19.1 Å². The molecule has 0 aliphatic rings. The number of rotatable bonds is 8. The van der Waals surface area contributed by atoms with Gasteiger partial charge in [-0.2, -0.15) is 0 Å². The van der Waals surface area contributed by atoms with Crippen molar-refractivity contribution in [2.75, 3.05) is 20.2 Å². The van der Waals surface area contributed by atoms with Crippen molar-refractivity contribution in [3.8, 4) is 0 Å². The van der Waals surface area contributed by atoms with Crippen LogP contribution in [0, 0.1) is 5.92 Å². The highest BCUT2D eigenvalue weighted by molar-refractivity contribution is 5.80. The summed E-state index contributed by atoms with van der Waals surface area (Å²) in [4.78, 5) is 14.0. The van der Waals surface area contributed by atoms with E-state index < -0.39 is 5.54 Å². The number of carbonyl (C=O) groups excluding carboxylic acids is 1. The average Bonchev–Trinajstić information content (AvgIpc) is 2.28. The Bertz CT molecular complexity index is 248. The summed E-state index contributed by atoms with van der Waals surface area (Å²) in [5.74, 6) is 0.209. The van der Waals surface area contributed by atoms with Crippen molar-refractivity contribution in [2.24, 2.45) is 11.7 Å². The van der Waals surface area contributed by atoms with Gasteiger partial charge in [-0.05, 0) is 25.7 Å². The molecule has 0 saturated carbocycles. The Morgan fingerprint density at radius 3 is 2.17 bits per heavy atom. The van der Waals surface area contributed by atoms with E-state index in [1.807, 2.05) is 0 Å². The van der Waals surface area contributed by atoms with Crippen LogP contribution in [0.1, 0.15) is 47.5 Å². The minimum absolute atomic E-state index is 0.345. The lowest BCUT2D eigenvalue weighted by molar-refractivity contribution is -0.147. The lowest BCUT2D eigenvalue weighted by Gasteiger charge is -2.36. The van der Waals surface area contributed by atoms with Crippen LogP contribution in [0.25, 0.3) is 0 Å². The third kappa shape index (κ3) is 5.36. The van der Waals surface area contributed by atoms with E-state index in [0.717, 1.165) is 19.4 Å². The molecular formula is C14H30N2O2. The Morgan fingerprint density at radius 2 is 1.83 bits per heavy atom. The van der Waals surface area contributed by atoms with Crippen molar-refractivity contribution in [2.45, 2.75) is 59.0 Å². The monoisotopic (exact) mass is 258 g/mol. The van der Waals surface area contributed by atoms with E-state index in [9.17, 15) is 4.79 Å². The van der Waals surface area contributed by atoms with Gasteiger partial charge in [-0.1, -0.05) is 27.7 Å². The van der Waals surface area contributed by atoms with Crippen LogP contribution in [0.3, 0.4) is 0 Å². The Kier molecular flexibility index (Phi) is 7.48. The summed E-state index contributed by atoms with van der Waals surface area (Å²) < 4.78 is 4.78. The fraction of sp³-hybridized carbons (Fsp3) is 0.929. The van der Waals surface area contributed by atoms with E-state index in [4.69, 9.17) is 10.5 Å². The molecule has 1 unspecified atom stereocenters. The summed E-state index contributed by atoms with van der Waals surface area (Å²) in [6.45, 7) is 12.0. The fourth-order valence-corrected chi connectivity index (χ4v) is 2.34. The van der Waals surface area contributed by atoms with Crippen molar-refractivity contribution in [1.29, 1.82) is 0 Å². The average molecular weight is 258 g/mol. The van der Waals surface area contributed by atoms with Gasteiger partial charge in [0.25, 0.3) is 0 Å². The van der Waals surface area contributed by atoms with Crippen LogP contribution >= 0.6 is 0 Å². The topological polar surface area (TPSA) is 55.6 Å². The summed E-state index contributed by atoms with van der Waals surface area (Å²) in [6, 6.07) is 0.472. The Labute approximate surface area is 112 Å². The molecule has 0 heterocycles. The predicted molar refractivity (Wildman–Crippen MR) is 75.4 cm³/mol. The molecule has 1 atom stereocenters. The van der Waals surface area contributed by atoms with Crippen LogP contribution in [-0.2, 0) is 9.53 Å². The van der Waals surface area contributed by atoms with Crippen molar-refractivity contribution in [3.63, 3.8) is 0 Å². The number of esters is 1. The van der Waals surface area contributed by atoms with Crippen molar-refractivity contribution in [1.82, 2.24) is 4.90 Å². The number of methoxy groups -OCH3 is 1. The number of ether oxygens (including phenoxy) is 1. The highest BCUT2D eigenvalue weighted by Crippen LogP contribution is 2.15. The lowest BCUT2D eigenvalue weighted by atomic mass is 9.99. The molecule has 0 saturated heterocycles. The zero-order valence-electron chi connectivity index (χ0n) is 12.8. The molecule has 0 radical (unpaired) electrons. The molecular weight excluding hydrogens is 228 g/mol. The minimum Gasteiger partial charge on any atom is -0.468 e. The van der Waals surface area contributed by atoms with Gasteiger partial charge in [-0.3, -0.25) is 9.69 Å². The van der Waals surface area contributed by atoms with E-state index in [1.54, 1.807) is 6.92 Å². The van der Waals surface area contributed by atoms with E-state index in [-0.39, 0.29) is 5.97 Å². The minimum atomic E-state index is -0.938. The van der Waals surface area contributed by atoms with E-state index in [0.29, 0.717) is 18.5 Å². The van der Waals surface area contributed by atoms with Crippen molar-refractivity contribution >= 4 is 5.97 Å². The first-order chi connectivity index (χ1) is 8.28. The van der Waals surface area contributed by atoms with E-state index in [2.05, 4.69) is 32.6 Å². The molecule has 0 bridgehead atoms. The normalized spacial score (nSPS) is 15.2. The number of hydrogen-bond acceptors (Lipinski definition) is 4. The largest absolute Gasteiger partial charge is 0.468 e. The molecule has 108 valence electrons. The maximum atomic E-state index is 11.7. The summed E-state index contributed by atoms with van der Waals surface area (Å²) in [7, 11) is 1.39. The molecule has 4 heteroatoms. The maximum absolute atomic E-state index is 11.7. The van der Waals surface area contributed by atoms with Crippen LogP contribution in [0.5, 0.6) is 0 Å². The van der Waals surface area contributed by atoms with Crippen LogP contribution in [0.15, 0.2) is 0 Å². The highest BCUT2D eigenvalue weighted by atomic mass is 16.5. The molecule has 0 aromatic heterocycles. The third-order valence-electron chi connectivity index (χ3n) is 3.24. The maximum Gasteiger partial charge on any atom is 0.326 e. The van der Waals surface area contributed by atoms with E-state index >= 15 is 0 Å². The second kappa shape index (κ2) is 7.74. The molecule has 0 aliphatic carbocycles. The predicted octanol–water partition coefficient (Wildman–Crippen LogP) is 2.02. The Morgan fingerprint density at radius 1 is 1.33 bits per heavy atom. The molecule has 0 aromatic carbocycles. The van der Waals surface area contributed by atoms with Gasteiger partial charge in [-0.15, -0.1) is 0 Å². The number of nitrogens with zero attached hydrogens (tertiary/aromatic N) is 1. The zero-order chi connectivity index (χ0) is 14.3. The number of nitrogens with two attached hydrogens (primary N) is 1. The van der Waals surface area contributed by atoms with Crippen LogP contribution in [-0.4, -0.2) is 42.6 Å². The first-order valence-corrected chi connectivity index (χ1v) is 6.89. The van der Waals surface area contributed by atoms with Gasteiger partial charge in [0.15, 0.2) is 0 Å². The Hall–Kier alpha value is -0.610. The van der Waals surface area contributed by atoms with Gasteiger partial charge in [0.05, 0.1) is 7.11 Å². The number of hydrogen-bond donors (Lipinski definition) is 1. The van der Waals surface area contributed by atoms with E-state index in [1.165, 1.54) is 7.11 Å². The van der Waals surface area contributed by atoms with Gasteiger partial charge in [-0.25, -0.2) is 0 Å². The Balaban J connectivity index is 4.82. The molecule has 0 rings (SSSR count). The summed E-state index contributed by atoms with van der Waals surface area (Å²) in [6.07, 6.45) is 2.14. The summed E-state index contributed by atoms with van der Waals surface area (Å²) in [5, 5.41) is 0. The number of carbonyl (C=O) groups is 1. The SMILES string of the molecule is CCC(CC)N(CC(C)C)CC(C)(N)C(=O)OC. The second-order valence-corrected chi connectivity index (χ2v) is 5.70. The summed E-state index contributed by atoms with van der Waals surface area (Å²) >= 11 is 0. The van der Waals surface area contributed by atoms with Crippen molar-refractivity contribution < 1.29 is 9.53 Å².